The van der Waals surface area contributed by atoms with Crippen molar-refractivity contribution in [2.24, 2.45) is 0 Å². The van der Waals surface area contributed by atoms with Gasteiger partial charge in [0.2, 0.25) is 5.95 Å². The maximum atomic E-state index is 12.5. The zero-order chi connectivity index (χ0) is 18.0. The lowest BCUT2D eigenvalue weighted by molar-refractivity contribution is 0.0108. The van der Waals surface area contributed by atoms with E-state index in [9.17, 15) is 4.79 Å². The fourth-order valence-electron chi connectivity index (χ4n) is 3.17. The molecule has 0 radical (unpaired) electrons. The van der Waals surface area contributed by atoms with E-state index in [1.807, 2.05) is 44.9 Å². The second kappa shape index (κ2) is 6.90. The van der Waals surface area contributed by atoms with Gasteiger partial charge in [0, 0.05) is 26.3 Å². The lowest BCUT2D eigenvalue weighted by Crippen LogP contribution is -2.50. The molecule has 1 aliphatic rings. The summed E-state index contributed by atoms with van der Waals surface area (Å²) in [7, 11) is 1.99. The van der Waals surface area contributed by atoms with Crippen LogP contribution in [0.5, 0.6) is 0 Å². The van der Waals surface area contributed by atoms with Crippen LogP contribution in [0.2, 0.25) is 0 Å². The predicted molar refractivity (Wildman–Crippen MR) is 97.7 cm³/mol. The van der Waals surface area contributed by atoms with E-state index < -0.39 is 5.60 Å². The van der Waals surface area contributed by atoms with Crippen LogP contribution in [0.25, 0.3) is 11.2 Å². The third kappa shape index (κ3) is 4.21. The van der Waals surface area contributed by atoms with Gasteiger partial charge in [-0.3, -0.25) is 0 Å². The summed E-state index contributed by atoms with van der Waals surface area (Å²) in [5, 5.41) is 0. The number of rotatable bonds is 3. The van der Waals surface area contributed by atoms with E-state index >= 15 is 0 Å². The number of carbonyl (C=O) groups is 1. The monoisotopic (exact) mass is 345 g/mol. The average molecular weight is 345 g/mol. The molecule has 1 atom stereocenters. The molecular weight excluding hydrogens is 318 g/mol. The molecule has 1 saturated heterocycles. The maximum Gasteiger partial charge on any atom is 0.410 e. The van der Waals surface area contributed by atoms with Crippen LogP contribution >= 0.6 is 0 Å². The highest BCUT2D eigenvalue weighted by Gasteiger charge is 2.31. The Balaban J connectivity index is 1.71. The summed E-state index contributed by atoms with van der Waals surface area (Å²) in [5.41, 5.74) is 1.14. The Kier molecular flexibility index (Phi) is 4.83. The summed E-state index contributed by atoms with van der Waals surface area (Å²) in [5.74, 6) is 0.767. The van der Waals surface area contributed by atoms with E-state index in [0.717, 1.165) is 37.3 Å². The number of likely N-dealkylation sites (N-methyl/N-ethyl adjacent to an activating group) is 1. The van der Waals surface area contributed by atoms with Crippen LogP contribution in [0.15, 0.2) is 18.3 Å². The summed E-state index contributed by atoms with van der Waals surface area (Å²) >= 11 is 0. The number of nitrogens with one attached hydrogen (secondary N) is 1. The van der Waals surface area contributed by atoms with Crippen molar-refractivity contribution in [3.05, 3.63) is 18.3 Å². The Morgan fingerprint density at radius 3 is 2.96 bits per heavy atom. The maximum absolute atomic E-state index is 12.5. The number of ether oxygens (including phenoxy) is 1. The van der Waals surface area contributed by atoms with Crippen molar-refractivity contribution in [1.82, 2.24) is 19.9 Å². The first kappa shape index (κ1) is 17.5. The van der Waals surface area contributed by atoms with E-state index in [-0.39, 0.29) is 12.1 Å². The van der Waals surface area contributed by atoms with Gasteiger partial charge < -0.3 is 19.5 Å². The Labute approximate surface area is 148 Å². The molecule has 2 aromatic rings. The highest BCUT2D eigenvalue weighted by Crippen LogP contribution is 2.22. The number of pyridine rings is 1. The van der Waals surface area contributed by atoms with Gasteiger partial charge in [0.1, 0.15) is 5.60 Å². The molecule has 1 aliphatic heterocycles. The van der Waals surface area contributed by atoms with Gasteiger partial charge in [0.25, 0.3) is 0 Å². The highest BCUT2D eigenvalue weighted by atomic mass is 16.6. The molecule has 7 nitrogen and oxygen atoms in total. The number of likely N-dealkylation sites (tertiary alicyclic amines) is 1. The van der Waals surface area contributed by atoms with Gasteiger partial charge in [-0.15, -0.1) is 0 Å². The fraction of sp³-hybridized carbons (Fsp3) is 0.611. The van der Waals surface area contributed by atoms with Crippen molar-refractivity contribution < 1.29 is 9.53 Å². The molecular formula is C18H27N5O2. The summed E-state index contributed by atoms with van der Waals surface area (Å²) in [6.45, 7) is 7.15. The Morgan fingerprint density at radius 1 is 1.44 bits per heavy atom. The van der Waals surface area contributed by atoms with Crippen molar-refractivity contribution in [2.75, 3.05) is 25.0 Å². The number of piperidine rings is 1. The topological polar surface area (TPSA) is 74.3 Å². The normalized spacial score (nSPS) is 18.4. The molecule has 7 heteroatoms. The van der Waals surface area contributed by atoms with Crippen molar-refractivity contribution in [2.45, 2.75) is 51.7 Å². The molecule has 0 saturated carbocycles. The fourth-order valence-corrected chi connectivity index (χ4v) is 3.17. The van der Waals surface area contributed by atoms with Crippen LogP contribution in [0.3, 0.4) is 0 Å². The van der Waals surface area contributed by atoms with Gasteiger partial charge in [-0.2, -0.15) is 4.98 Å². The number of hydrogen-bond donors (Lipinski definition) is 1. The molecule has 136 valence electrons. The zero-order valence-corrected chi connectivity index (χ0v) is 15.5. The molecule has 0 spiro atoms. The molecule has 25 heavy (non-hydrogen) atoms. The van der Waals surface area contributed by atoms with Crippen molar-refractivity contribution >= 4 is 23.2 Å². The molecule has 1 amide bonds. The van der Waals surface area contributed by atoms with Crippen LogP contribution < -0.4 is 4.90 Å². The van der Waals surface area contributed by atoms with Crippen LogP contribution in [0, 0.1) is 0 Å². The highest BCUT2D eigenvalue weighted by molar-refractivity contribution is 5.73. The van der Waals surface area contributed by atoms with Crippen LogP contribution in [-0.2, 0) is 4.74 Å². The number of H-pyrrole nitrogens is 1. The number of nitrogens with zero attached hydrogens (tertiary/aromatic N) is 4. The van der Waals surface area contributed by atoms with Crippen molar-refractivity contribution in [1.29, 1.82) is 0 Å². The van der Waals surface area contributed by atoms with Crippen molar-refractivity contribution in [3.63, 3.8) is 0 Å². The standard InChI is InChI=1S/C18H27N5O2/c1-18(2,3)25-17(24)23-11-6-5-8-13(23)12-22(4)16-20-14-9-7-10-19-15(14)21-16/h7,9-10,13H,5-6,8,11-12H2,1-4H3,(H,19,20,21)/t13-/m1/s1. The largest absolute Gasteiger partial charge is 0.444 e. The summed E-state index contributed by atoms with van der Waals surface area (Å²) < 4.78 is 5.58. The van der Waals surface area contributed by atoms with Gasteiger partial charge >= 0.3 is 6.09 Å². The number of fused-ring (bicyclic) bond motifs is 1. The average Bonchev–Trinajstić information content (AvgIpc) is 2.98. The number of carbonyl (C=O) groups excluding carboxylic acids is 1. The summed E-state index contributed by atoms with van der Waals surface area (Å²) in [6, 6.07) is 3.96. The van der Waals surface area contributed by atoms with Crippen molar-refractivity contribution in [3.8, 4) is 0 Å². The lowest BCUT2D eigenvalue weighted by Gasteiger charge is -2.38. The van der Waals surface area contributed by atoms with Crippen LogP contribution in [0.4, 0.5) is 10.7 Å². The molecule has 0 unspecified atom stereocenters. The molecule has 3 heterocycles. The minimum atomic E-state index is -0.477. The summed E-state index contributed by atoms with van der Waals surface area (Å²) in [6.07, 6.45) is 4.63. The minimum absolute atomic E-state index is 0.120. The molecule has 1 fully saturated rings. The second-order valence-electron chi connectivity index (χ2n) is 7.64. The predicted octanol–water partition coefficient (Wildman–Crippen LogP) is 3.18. The smallest absolute Gasteiger partial charge is 0.410 e. The molecule has 2 aromatic heterocycles. The summed E-state index contributed by atoms with van der Waals surface area (Å²) in [4.78, 5) is 28.5. The zero-order valence-electron chi connectivity index (χ0n) is 15.5. The van der Waals surface area contributed by atoms with E-state index in [2.05, 4.69) is 19.9 Å². The number of anilines is 1. The first-order valence-corrected chi connectivity index (χ1v) is 8.85. The van der Waals surface area contributed by atoms with Gasteiger partial charge in [-0.05, 0) is 52.2 Å². The molecule has 1 N–H and O–H groups in total. The van der Waals surface area contributed by atoms with E-state index in [1.165, 1.54) is 0 Å². The van der Waals surface area contributed by atoms with Gasteiger partial charge in [0.15, 0.2) is 5.65 Å². The second-order valence-corrected chi connectivity index (χ2v) is 7.64. The minimum Gasteiger partial charge on any atom is -0.444 e. The molecule has 0 bridgehead atoms. The van der Waals surface area contributed by atoms with E-state index in [0.29, 0.717) is 12.2 Å². The number of amides is 1. The van der Waals surface area contributed by atoms with Crippen LogP contribution in [0.1, 0.15) is 40.0 Å². The number of imidazole rings is 1. The Hall–Kier alpha value is -2.31. The van der Waals surface area contributed by atoms with E-state index in [1.54, 1.807) is 6.20 Å². The lowest BCUT2D eigenvalue weighted by atomic mass is 10.0. The van der Waals surface area contributed by atoms with Gasteiger partial charge in [-0.25, -0.2) is 9.78 Å². The van der Waals surface area contributed by atoms with Gasteiger partial charge in [0.05, 0.1) is 11.6 Å². The Morgan fingerprint density at radius 2 is 2.24 bits per heavy atom. The van der Waals surface area contributed by atoms with Crippen LogP contribution in [-0.4, -0.2) is 57.7 Å². The molecule has 0 aliphatic carbocycles. The molecule has 3 rings (SSSR count). The number of aromatic nitrogens is 3. The van der Waals surface area contributed by atoms with Gasteiger partial charge in [-0.1, -0.05) is 0 Å². The number of hydrogen-bond acceptors (Lipinski definition) is 5. The van der Waals surface area contributed by atoms with E-state index in [4.69, 9.17) is 4.74 Å². The first-order chi connectivity index (χ1) is 11.8. The first-order valence-electron chi connectivity index (χ1n) is 8.85. The third-order valence-electron chi connectivity index (χ3n) is 4.35. The Bertz CT molecular complexity index is 703. The molecule has 0 aromatic carbocycles. The quantitative estimate of drug-likeness (QED) is 0.925. The third-order valence-corrected chi connectivity index (χ3v) is 4.35. The number of aromatic amines is 1. The SMILES string of the molecule is CN(C[C@H]1CCCCN1C(=O)OC(C)(C)C)c1nc2ncccc2[nH]1.